The van der Waals surface area contributed by atoms with Gasteiger partial charge in [0.05, 0.1) is 19.3 Å². The van der Waals surface area contributed by atoms with Crippen LogP contribution in [0.3, 0.4) is 0 Å². The molecule has 0 bridgehead atoms. The summed E-state index contributed by atoms with van der Waals surface area (Å²) in [5, 5.41) is 67.3. The highest BCUT2D eigenvalue weighted by atomic mass is 32.2. The number of rotatable bonds is 33. The Balaban J connectivity index is 3.24. The Morgan fingerprint density at radius 2 is 1.10 bits per heavy atom. The van der Waals surface area contributed by atoms with Gasteiger partial charge in [0, 0.05) is 30.9 Å². The third-order valence-electron chi connectivity index (χ3n) is 10.9. The minimum Gasteiger partial charge on any atom is -0.481 e. The van der Waals surface area contributed by atoms with E-state index in [1.807, 2.05) is 0 Å². The molecular weight excluding hydrogens is 1010 g/mol. The van der Waals surface area contributed by atoms with Gasteiger partial charge in [-0.3, -0.25) is 52.7 Å². The average molecular weight is 1080 g/mol. The Morgan fingerprint density at radius 3 is 1.57 bits per heavy atom. The van der Waals surface area contributed by atoms with Crippen molar-refractivity contribution in [1.29, 1.82) is 0 Å². The minimum absolute atomic E-state index is 0.0104. The van der Waals surface area contributed by atoms with Crippen LogP contribution in [0.1, 0.15) is 65.7 Å². The fourth-order valence-electron chi connectivity index (χ4n) is 6.81. The van der Waals surface area contributed by atoms with E-state index in [0.717, 1.165) is 11.8 Å². The number of amides is 10. The van der Waals surface area contributed by atoms with E-state index in [4.69, 9.17) is 16.6 Å². The van der Waals surface area contributed by atoms with Crippen LogP contribution in [0.2, 0.25) is 0 Å². The Labute approximate surface area is 430 Å². The number of nitrogens with zero attached hydrogens (tertiary/aromatic N) is 1. The number of likely N-dealkylation sites (tertiary alicyclic amines) is 1. The second-order valence-electron chi connectivity index (χ2n) is 16.9. The molecule has 0 aromatic heterocycles. The summed E-state index contributed by atoms with van der Waals surface area (Å²) < 4.78 is 0. The molecule has 0 aromatic carbocycles. The number of carbonyl (C=O) groups excluding carboxylic acids is 10. The summed E-state index contributed by atoms with van der Waals surface area (Å²) in [5.74, 6) is -13.4. The maximum absolute atomic E-state index is 13.9. The number of hydrogen-bond donors (Lipinski definition) is 17. The van der Waals surface area contributed by atoms with E-state index in [2.05, 4.69) is 67.8 Å². The average Bonchev–Trinajstić information content (AvgIpc) is 3.82. The number of thioether (sulfide) groups is 1. The molecule has 1 rings (SSSR count). The van der Waals surface area contributed by atoms with Crippen molar-refractivity contribution in [2.24, 2.45) is 17.4 Å². The number of thiol groups is 2. The highest BCUT2D eigenvalue weighted by Gasteiger charge is 2.41. The zero-order valence-corrected chi connectivity index (χ0v) is 42.8. The van der Waals surface area contributed by atoms with Crippen LogP contribution in [-0.2, 0) is 57.5 Å². The van der Waals surface area contributed by atoms with E-state index >= 15 is 0 Å². The second-order valence-corrected chi connectivity index (χ2v) is 18.6. The first kappa shape index (κ1) is 64.5. The first-order chi connectivity index (χ1) is 33.8. The highest BCUT2D eigenvalue weighted by molar-refractivity contribution is 7.98. The summed E-state index contributed by atoms with van der Waals surface area (Å²) in [4.78, 5) is 156. The zero-order chi connectivity index (χ0) is 55.0. The lowest BCUT2D eigenvalue weighted by atomic mass is 10.0. The van der Waals surface area contributed by atoms with Gasteiger partial charge >= 0.3 is 11.9 Å². The van der Waals surface area contributed by atoms with E-state index in [-0.39, 0.29) is 37.3 Å². The number of aliphatic hydroxyl groups is 3. The van der Waals surface area contributed by atoms with Gasteiger partial charge in [-0.2, -0.15) is 37.0 Å². The van der Waals surface area contributed by atoms with Crippen molar-refractivity contribution in [3.63, 3.8) is 0 Å². The zero-order valence-electron chi connectivity index (χ0n) is 40.2. The maximum Gasteiger partial charge on any atom is 0.326 e. The highest BCUT2D eigenvalue weighted by Crippen LogP contribution is 2.20. The molecule has 72 heavy (non-hydrogen) atoms. The van der Waals surface area contributed by atoms with Crippen LogP contribution in [0.5, 0.6) is 0 Å². The van der Waals surface area contributed by atoms with E-state index in [0.29, 0.717) is 5.75 Å². The van der Waals surface area contributed by atoms with Crippen molar-refractivity contribution >= 4 is 108 Å². The molecule has 0 unspecified atom stereocenters. The molecule has 0 radical (unpaired) electrons. The van der Waals surface area contributed by atoms with Gasteiger partial charge in [0.15, 0.2) is 0 Å². The van der Waals surface area contributed by atoms with Gasteiger partial charge in [-0.1, -0.05) is 13.8 Å². The lowest BCUT2D eigenvalue weighted by Crippen LogP contribution is -2.62. The molecule has 28 nitrogen and oxygen atoms in total. The summed E-state index contributed by atoms with van der Waals surface area (Å²) in [6.07, 6.45) is -1.64. The number of primary amides is 1. The monoisotopic (exact) mass is 1080 g/mol. The first-order valence-electron chi connectivity index (χ1n) is 22.6. The summed E-state index contributed by atoms with van der Waals surface area (Å²) in [6, 6.07) is -14.9. The molecule has 0 aliphatic carbocycles. The molecule has 1 heterocycles. The summed E-state index contributed by atoms with van der Waals surface area (Å²) in [6.45, 7) is 2.37. The van der Waals surface area contributed by atoms with Crippen molar-refractivity contribution in [3.8, 4) is 0 Å². The number of hydrogen-bond acceptors (Lipinski definition) is 19. The summed E-state index contributed by atoms with van der Waals surface area (Å²) in [7, 11) is 0. The molecule has 10 amide bonds. The van der Waals surface area contributed by atoms with Gasteiger partial charge in [0.1, 0.15) is 60.4 Å². The Morgan fingerprint density at radius 1 is 0.625 bits per heavy atom. The fourth-order valence-corrected chi connectivity index (χ4v) is 7.79. The lowest BCUT2D eigenvalue weighted by molar-refractivity contribution is -0.144. The topological polar surface area (TPSA) is 458 Å². The lowest BCUT2D eigenvalue weighted by Gasteiger charge is -2.31. The number of carboxylic acids is 2. The number of nitrogens with two attached hydrogens (primary N) is 2. The summed E-state index contributed by atoms with van der Waals surface area (Å²) >= 11 is 9.43. The minimum atomic E-state index is -1.88. The van der Waals surface area contributed by atoms with Gasteiger partial charge in [-0.25, -0.2) is 4.79 Å². The van der Waals surface area contributed by atoms with E-state index in [1.54, 1.807) is 20.1 Å². The largest absolute Gasteiger partial charge is 0.481 e. The Hall–Kier alpha value is -5.47. The van der Waals surface area contributed by atoms with E-state index < -0.39 is 182 Å². The number of carboxylic acid groups (broad SMARTS) is 2. The number of aliphatic hydroxyl groups excluding tert-OH is 3. The van der Waals surface area contributed by atoms with Crippen LogP contribution in [0, 0.1) is 5.92 Å². The van der Waals surface area contributed by atoms with Gasteiger partial charge in [-0.15, -0.1) is 0 Å². The van der Waals surface area contributed by atoms with Crippen LogP contribution >= 0.6 is 37.0 Å². The van der Waals surface area contributed by atoms with Gasteiger partial charge in [-0.05, 0) is 57.0 Å². The third kappa shape index (κ3) is 21.3. The molecule has 1 saturated heterocycles. The summed E-state index contributed by atoms with van der Waals surface area (Å²) in [5.41, 5.74) is 10.8. The Bertz CT molecular complexity index is 1940. The van der Waals surface area contributed by atoms with Crippen molar-refractivity contribution in [3.05, 3.63) is 0 Å². The smallest absolute Gasteiger partial charge is 0.326 e. The number of nitrogens with one attached hydrogen (secondary N) is 8. The molecule has 0 saturated carbocycles. The van der Waals surface area contributed by atoms with Gasteiger partial charge < -0.3 is 84.4 Å². The standard InChI is InChI=1S/C41H69N11O17S3/c1-18(2)30(38(65)49-26(17-71)36(63)46-23(41(68)69)8-10-29(57)58)50-37(64)27-6-5-12-52(27)40(67)24(15-54)47-39(66)31(19(3)55)51-34(61)21(7-9-28(43)56)44-33(60)22(11-13-72-4)45-35(62)25(16-70)48-32(59)20(42)14-53/h18-27,30-31,53-55,70-71H,5-17,42H2,1-4H3,(H2,43,56)(H,44,60)(H,45,62)(H,46,63)(H,47,66)(H,48,59)(H,49,65)(H,50,64)(H,51,61)(H,57,58)(H,68,69)/t19-,20+,21+,22+,23+,24+,25+,26+,27+,30+,31+/m1/s1. The predicted molar refractivity (Wildman–Crippen MR) is 262 cm³/mol. The van der Waals surface area contributed by atoms with Crippen molar-refractivity contribution in [1.82, 2.24) is 47.4 Å². The van der Waals surface area contributed by atoms with Crippen LogP contribution < -0.4 is 54.0 Å². The molecule has 17 N–H and O–H groups in total. The van der Waals surface area contributed by atoms with Crippen molar-refractivity contribution in [2.75, 3.05) is 43.3 Å². The van der Waals surface area contributed by atoms with Gasteiger partial charge in [0.2, 0.25) is 59.1 Å². The van der Waals surface area contributed by atoms with Gasteiger partial charge in [0.25, 0.3) is 0 Å². The molecule has 408 valence electrons. The van der Waals surface area contributed by atoms with Crippen molar-refractivity contribution in [2.45, 2.75) is 132 Å². The number of carbonyl (C=O) groups is 12. The molecule has 1 fully saturated rings. The van der Waals surface area contributed by atoms with Crippen LogP contribution in [0.25, 0.3) is 0 Å². The van der Waals surface area contributed by atoms with E-state index in [1.165, 1.54) is 11.8 Å². The fraction of sp³-hybridized carbons (Fsp3) is 0.707. The molecule has 0 aromatic rings. The molecule has 0 spiro atoms. The number of aliphatic carboxylic acids is 2. The van der Waals surface area contributed by atoms with Crippen molar-refractivity contribution < 1.29 is 83.1 Å². The molecule has 31 heteroatoms. The molecule has 11 atom stereocenters. The normalized spacial score (nSPS) is 17.4. The molecule has 1 aliphatic heterocycles. The first-order valence-corrected chi connectivity index (χ1v) is 25.3. The van der Waals surface area contributed by atoms with E-state index in [9.17, 15) is 78.0 Å². The Kier molecular flexibility index (Phi) is 29.2. The maximum atomic E-state index is 13.9. The third-order valence-corrected chi connectivity index (χ3v) is 12.3. The predicted octanol–water partition coefficient (Wildman–Crippen LogP) is -6.97. The SMILES string of the molecule is CSCC[C@H](NC(=O)[C@H](CS)NC(=O)[C@@H](N)CO)C(=O)N[C@@H](CCC(N)=O)C(=O)N[C@H](C(=O)N[C@@H](CO)C(=O)N1CCC[C@H]1C(=O)N[C@H](C(=O)N[C@@H](CS)C(=O)N[C@@H](CCC(=O)O)C(=O)O)C(C)C)[C@@H](C)O. The van der Waals surface area contributed by atoms with Crippen LogP contribution in [-0.4, -0.2) is 211 Å². The molecular formula is C41H69N11O17S3. The quantitative estimate of drug-likeness (QED) is 0.0272. The van der Waals surface area contributed by atoms with Crippen LogP contribution in [0.15, 0.2) is 0 Å². The second kappa shape index (κ2) is 32.6. The van der Waals surface area contributed by atoms with Crippen LogP contribution in [0.4, 0.5) is 0 Å². The molecule has 1 aliphatic rings.